The van der Waals surface area contributed by atoms with Gasteiger partial charge in [-0.05, 0) is 30.3 Å². The van der Waals surface area contributed by atoms with Gasteiger partial charge in [0.2, 0.25) is 0 Å². The number of hydrogen-bond donors (Lipinski definition) is 0. The summed E-state index contributed by atoms with van der Waals surface area (Å²) in [5.41, 5.74) is 1.91. The molecule has 0 radical (unpaired) electrons. The summed E-state index contributed by atoms with van der Waals surface area (Å²) in [5.74, 6) is -0.235. The van der Waals surface area contributed by atoms with Crippen LogP contribution in [0.4, 0.5) is 4.39 Å². The van der Waals surface area contributed by atoms with Crippen LogP contribution in [-0.2, 0) is 5.33 Å². The van der Waals surface area contributed by atoms with Gasteiger partial charge in [-0.3, -0.25) is 0 Å². The molecule has 1 aromatic carbocycles. The van der Waals surface area contributed by atoms with Gasteiger partial charge < -0.3 is 0 Å². The molecule has 0 spiro atoms. The first-order valence-corrected chi connectivity index (χ1v) is 5.28. The zero-order valence-electron chi connectivity index (χ0n) is 7.32. The molecular formula is C10H8BrFN2. The van der Waals surface area contributed by atoms with E-state index in [4.69, 9.17) is 0 Å². The van der Waals surface area contributed by atoms with Crippen molar-refractivity contribution in [1.82, 2.24) is 9.78 Å². The minimum absolute atomic E-state index is 0.235. The van der Waals surface area contributed by atoms with E-state index in [1.165, 1.54) is 12.1 Å². The molecule has 4 heteroatoms. The summed E-state index contributed by atoms with van der Waals surface area (Å²) >= 11 is 3.36. The van der Waals surface area contributed by atoms with Crippen LogP contribution >= 0.6 is 15.9 Å². The maximum atomic E-state index is 12.7. The number of rotatable bonds is 2. The van der Waals surface area contributed by atoms with Crippen molar-refractivity contribution >= 4 is 15.9 Å². The normalized spacial score (nSPS) is 10.4. The molecule has 0 N–H and O–H groups in total. The van der Waals surface area contributed by atoms with E-state index in [9.17, 15) is 4.39 Å². The van der Waals surface area contributed by atoms with Crippen LogP contribution in [0.5, 0.6) is 0 Å². The molecule has 0 saturated heterocycles. The molecule has 0 bridgehead atoms. The van der Waals surface area contributed by atoms with Crippen LogP contribution in [0, 0.1) is 5.82 Å². The first-order valence-electron chi connectivity index (χ1n) is 4.16. The Morgan fingerprint density at radius 3 is 2.57 bits per heavy atom. The fourth-order valence-corrected chi connectivity index (χ4v) is 1.67. The standard InChI is InChI=1S/C10H8BrFN2/c11-7-10-5-6-13-14(10)9-3-1-8(12)2-4-9/h1-6H,7H2. The molecule has 0 fully saturated rings. The molecule has 2 nitrogen and oxygen atoms in total. The summed E-state index contributed by atoms with van der Waals surface area (Å²) < 4.78 is 14.4. The molecule has 2 aromatic rings. The minimum Gasteiger partial charge on any atom is -0.237 e. The zero-order chi connectivity index (χ0) is 9.97. The summed E-state index contributed by atoms with van der Waals surface area (Å²) in [6.07, 6.45) is 1.72. The Balaban J connectivity index is 2.44. The topological polar surface area (TPSA) is 17.8 Å². The van der Waals surface area contributed by atoms with Gasteiger partial charge in [0.15, 0.2) is 0 Å². The third-order valence-corrected chi connectivity index (χ3v) is 2.50. The largest absolute Gasteiger partial charge is 0.237 e. The van der Waals surface area contributed by atoms with Crippen LogP contribution in [-0.4, -0.2) is 9.78 Å². The Morgan fingerprint density at radius 1 is 1.21 bits per heavy atom. The van der Waals surface area contributed by atoms with Gasteiger partial charge in [-0.1, -0.05) is 15.9 Å². The molecule has 0 saturated carbocycles. The molecule has 1 heterocycles. The number of benzene rings is 1. The van der Waals surface area contributed by atoms with Crippen molar-refractivity contribution in [2.45, 2.75) is 5.33 Å². The SMILES string of the molecule is Fc1ccc(-n2nccc2CBr)cc1. The van der Waals surface area contributed by atoms with Crippen molar-refractivity contribution in [3.63, 3.8) is 0 Å². The lowest BCUT2D eigenvalue weighted by Crippen LogP contribution is -1.99. The van der Waals surface area contributed by atoms with Crippen molar-refractivity contribution in [1.29, 1.82) is 0 Å². The predicted octanol–water partition coefficient (Wildman–Crippen LogP) is 2.91. The van der Waals surface area contributed by atoms with Crippen molar-refractivity contribution in [2.75, 3.05) is 0 Å². The molecule has 0 aliphatic carbocycles. The smallest absolute Gasteiger partial charge is 0.123 e. The monoisotopic (exact) mass is 254 g/mol. The molecule has 0 atom stereocenters. The Morgan fingerprint density at radius 2 is 1.93 bits per heavy atom. The lowest BCUT2D eigenvalue weighted by Gasteiger charge is -2.04. The van der Waals surface area contributed by atoms with Crippen LogP contribution in [0.1, 0.15) is 5.69 Å². The molecule has 2 rings (SSSR count). The predicted molar refractivity (Wildman–Crippen MR) is 56.2 cm³/mol. The minimum atomic E-state index is -0.235. The van der Waals surface area contributed by atoms with E-state index in [0.717, 1.165) is 16.7 Å². The second-order valence-electron chi connectivity index (χ2n) is 2.84. The van der Waals surface area contributed by atoms with E-state index in [1.54, 1.807) is 23.0 Å². The van der Waals surface area contributed by atoms with E-state index in [0.29, 0.717) is 0 Å². The van der Waals surface area contributed by atoms with Crippen molar-refractivity contribution in [3.05, 3.63) is 48.0 Å². The second-order valence-corrected chi connectivity index (χ2v) is 3.41. The third-order valence-electron chi connectivity index (χ3n) is 1.93. The third kappa shape index (κ3) is 1.70. The van der Waals surface area contributed by atoms with Gasteiger partial charge in [0.05, 0.1) is 11.4 Å². The van der Waals surface area contributed by atoms with Gasteiger partial charge in [-0.15, -0.1) is 0 Å². The van der Waals surface area contributed by atoms with E-state index < -0.39 is 0 Å². The fourth-order valence-electron chi connectivity index (χ4n) is 1.25. The van der Waals surface area contributed by atoms with Gasteiger partial charge in [-0.2, -0.15) is 5.10 Å². The Labute approximate surface area is 89.5 Å². The van der Waals surface area contributed by atoms with E-state index in [1.807, 2.05) is 6.07 Å². The Bertz CT molecular complexity index is 422. The highest BCUT2D eigenvalue weighted by Gasteiger charge is 2.02. The summed E-state index contributed by atoms with van der Waals surface area (Å²) in [7, 11) is 0. The second kappa shape index (κ2) is 3.92. The highest BCUT2D eigenvalue weighted by atomic mass is 79.9. The first kappa shape index (κ1) is 9.40. The lowest BCUT2D eigenvalue weighted by molar-refractivity contribution is 0.627. The number of hydrogen-bond acceptors (Lipinski definition) is 1. The van der Waals surface area contributed by atoms with Crippen molar-refractivity contribution < 1.29 is 4.39 Å². The Hall–Kier alpha value is -1.16. The summed E-state index contributed by atoms with van der Waals surface area (Å²) in [6.45, 7) is 0. The molecular weight excluding hydrogens is 247 g/mol. The zero-order valence-corrected chi connectivity index (χ0v) is 8.91. The molecule has 72 valence electrons. The molecule has 0 amide bonds. The van der Waals surface area contributed by atoms with E-state index in [2.05, 4.69) is 21.0 Å². The summed E-state index contributed by atoms with van der Waals surface area (Å²) in [5, 5.41) is 4.88. The number of aromatic nitrogens is 2. The van der Waals surface area contributed by atoms with Crippen LogP contribution in [0.15, 0.2) is 36.5 Å². The average molecular weight is 255 g/mol. The summed E-state index contributed by atoms with van der Waals surface area (Å²) in [4.78, 5) is 0. The van der Waals surface area contributed by atoms with Crippen molar-refractivity contribution in [3.8, 4) is 5.69 Å². The molecule has 0 aliphatic rings. The fraction of sp³-hybridized carbons (Fsp3) is 0.100. The number of halogens is 2. The highest BCUT2D eigenvalue weighted by Crippen LogP contribution is 2.13. The molecule has 1 aromatic heterocycles. The molecule has 14 heavy (non-hydrogen) atoms. The number of nitrogens with zero attached hydrogens (tertiary/aromatic N) is 2. The van der Waals surface area contributed by atoms with E-state index >= 15 is 0 Å². The Kier molecular flexibility index (Phi) is 2.63. The maximum absolute atomic E-state index is 12.7. The van der Waals surface area contributed by atoms with Crippen LogP contribution in [0.2, 0.25) is 0 Å². The lowest BCUT2D eigenvalue weighted by atomic mass is 10.3. The van der Waals surface area contributed by atoms with Gasteiger partial charge >= 0.3 is 0 Å². The van der Waals surface area contributed by atoms with Gasteiger partial charge in [0.1, 0.15) is 5.82 Å². The highest BCUT2D eigenvalue weighted by molar-refractivity contribution is 9.08. The van der Waals surface area contributed by atoms with Crippen LogP contribution < -0.4 is 0 Å². The first-order chi connectivity index (χ1) is 6.81. The quantitative estimate of drug-likeness (QED) is 0.754. The van der Waals surface area contributed by atoms with Gasteiger partial charge in [0, 0.05) is 11.5 Å². The van der Waals surface area contributed by atoms with Crippen molar-refractivity contribution in [2.24, 2.45) is 0 Å². The summed E-state index contributed by atoms with van der Waals surface area (Å²) in [6, 6.07) is 8.17. The molecule has 0 unspecified atom stereocenters. The van der Waals surface area contributed by atoms with E-state index in [-0.39, 0.29) is 5.82 Å². The number of alkyl halides is 1. The van der Waals surface area contributed by atoms with Gasteiger partial charge in [-0.25, -0.2) is 9.07 Å². The van der Waals surface area contributed by atoms with Gasteiger partial charge in [0.25, 0.3) is 0 Å². The van der Waals surface area contributed by atoms with Crippen LogP contribution in [0.25, 0.3) is 5.69 Å². The molecule has 0 aliphatic heterocycles. The average Bonchev–Trinajstić information content (AvgIpc) is 2.67. The van der Waals surface area contributed by atoms with Crippen LogP contribution in [0.3, 0.4) is 0 Å². The maximum Gasteiger partial charge on any atom is 0.123 e.